The average molecular weight is 370 g/mol. The van der Waals surface area contributed by atoms with E-state index < -0.39 is 0 Å². The summed E-state index contributed by atoms with van der Waals surface area (Å²) in [5.41, 5.74) is 0.811. The highest BCUT2D eigenvalue weighted by atomic mass is 16.2. The van der Waals surface area contributed by atoms with Crippen molar-refractivity contribution in [1.29, 1.82) is 0 Å². The number of likely N-dealkylation sites (tertiary alicyclic amines) is 1. The van der Waals surface area contributed by atoms with Crippen LogP contribution >= 0.6 is 0 Å². The van der Waals surface area contributed by atoms with Crippen LogP contribution in [0, 0.1) is 0 Å². The van der Waals surface area contributed by atoms with Crippen molar-refractivity contribution in [3.8, 4) is 0 Å². The van der Waals surface area contributed by atoms with E-state index in [9.17, 15) is 9.59 Å². The fourth-order valence-electron chi connectivity index (χ4n) is 3.91. The maximum Gasteiger partial charge on any atom is 0.242 e. The van der Waals surface area contributed by atoms with Crippen LogP contribution < -0.4 is 5.43 Å². The minimum atomic E-state index is -0.00354. The van der Waals surface area contributed by atoms with Gasteiger partial charge in [-0.25, -0.2) is 0 Å². The van der Waals surface area contributed by atoms with Crippen LogP contribution in [0.25, 0.3) is 10.9 Å². The number of pyridine rings is 1. The van der Waals surface area contributed by atoms with E-state index in [2.05, 4.69) is 18.7 Å². The van der Waals surface area contributed by atoms with Crippen molar-refractivity contribution in [3.63, 3.8) is 0 Å². The van der Waals surface area contributed by atoms with E-state index in [0.717, 1.165) is 31.7 Å². The summed E-state index contributed by atoms with van der Waals surface area (Å²) in [7, 11) is 0. The van der Waals surface area contributed by atoms with E-state index in [4.69, 9.17) is 0 Å². The fourth-order valence-corrected chi connectivity index (χ4v) is 3.91. The number of hydrogen-bond acceptors (Lipinski definition) is 3. The molecule has 0 N–H and O–H groups in total. The Morgan fingerprint density at radius 1 is 1.07 bits per heavy atom. The summed E-state index contributed by atoms with van der Waals surface area (Å²) < 4.78 is 1.89. The molecule has 1 aromatic heterocycles. The van der Waals surface area contributed by atoms with Crippen LogP contribution in [0.4, 0.5) is 0 Å². The first-order valence-electron chi connectivity index (χ1n) is 10.2. The third-order valence-corrected chi connectivity index (χ3v) is 5.49. The SMILES string of the molecule is CC(C)N(CCN1CCCCCC1)C(=O)Cn1ccc(=O)c2ccccc21. The van der Waals surface area contributed by atoms with Crippen LogP contribution in [0.1, 0.15) is 39.5 Å². The number of benzene rings is 1. The minimum Gasteiger partial charge on any atom is -0.338 e. The van der Waals surface area contributed by atoms with E-state index in [1.165, 1.54) is 25.7 Å². The molecule has 0 bridgehead atoms. The van der Waals surface area contributed by atoms with Crippen LogP contribution in [-0.4, -0.2) is 52.5 Å². The van der Waals surface area contributed by atoms with Gasteiger partial charge in [0, 0.05) is 36.8 Å². The van der Waals surface area contributed by atoms with Crippen LogP contribution in [0.15, 0.2) is 41.3 Å². The van der Waals surface area contributed by atoms with Crippen molar-refractivity contribution in [2.45, 2.75) is 52.1 Å². The molecule has 1 aliphatic heterocycles. The Labute approximate surface area is 161 Å². The fraction of sp³-hybridized carbons (Fsp3) is 0.545. The Hall–Kier alpha value is -2.14. The molecule has 1 aromatic carbocycles. The quantitative estimate of drug-likeness (QED) is 0.786. The second-order valence-corrected chi connectivity index (χ2v) is 7.76. The number of hydrogen-bond donors (Lipinski definition) is 0. The molecule has 3 rings (SSSR count). The molecule has 0 saturated carbocycles. The molecule has 1 saturated heterocycles. The zero-order chi connectivity index (χ0) is 19.2. The highest BCUT2D eigenvalue weighted by molar-refractivity contribution is 5.82. The first-order chi connectivity index (χ1) is 13.1. The van der Waals surface area contributed by atoms with Gasteiger partial charge in [0.2, 0.25) is 5.91 Å². The van der Waals surface area contributed by atoms with Crippen LogP contribution in [0.3, 0.4) is 0 Å². The number of fused-ring (bicyclic) bond motifs is 1. The standard InChI is InChI=1S/C22H31N3O2/c1-18(2)25(16-15-23-12-7-3-4-8-13-23)22(27)17-24-14-11-21(26)19-9-5-6-10-20(19)24/h5-6,9-11,14,18H,3-4,7-8,12-13,15-17H2,1-2H3. The molecule has 2 heterocycles. The summed E-state index contributed by atoms with van der Waals surface area (Å²) >= 11 is 0. The van der Waals surface area contributed by atoms with Gasteiger partial charge in [0.25, 0.3) is 0 Å². The third kappa shape index (κ3) is 4.98. The molecule has 1 aliphatic rings. The van der Waals surface area contributed by atoms with Crippen LogP contribution in [0.5, 0.6) is 0 Å². The molecule has 0 atom stereocenters. The van der Waals surface area contributed by atoms with Gasteiger partial charge in [0.1, 0.15) is 6.54 Å². The van der Waals surface area contributed by atoms with Crippen molar-refractivity contribution in [2.24, 2.45) is 0 Å². The van der Waals surface area contributed by atoms with E-state index in [0.29, 0.717) is 5.39 Å². The van der Waals surface area contributed by atoms with E-state index in [1.807, 2.05) is 33.7 Å². The molecule has 0 radical (unpaired) electrons. The molecule has 2 aromatic rings. The number of para-hydroxylation sites is 1. The van der Waals surface area contributed by atoms with Gasteiger partial charge in [-0.15, -0.1) is 0 Å². The summed E-state index contributed by atoms with van der Waals surface area (Å²) in [6, 6.07) is 9.20. The molecule has 27 heavy (non-hydrogen) atoms. The summed E-state index contributed by atoms with van der Waals surface area (Å²) in [5.74, 6) is 0.105. The van der Waals surface area contributed by atoms with Crippen molar-refractivity contribution < 1.29 is 4.79 Å². The first-order valence-corrected chi connectivity index (χ1v) is 10.2. The number of aromatic nitrogens is 1. The van der Waals surface area contributed by atoms with E-state index >= 15 is 0 Å². The van der Waals surface area contributed by atoms with Gasteiger partial charge in [-0.2, -0.15) is 0 Å². The van der Waals surface area contributed by atoms with Gasteiger partial charge in [0.05, 0.1) is 5.52 Å². The maximum atomic E-state index is 13.0. The zero-order valence-corrected chi connectivity index (χ0v) is 16.6. The lowest BCUT2D eigenvalue weighted by Gasteiger charge is -2.30. The predicted molar refractivity (Wildman–Crippen MR) is 110 cm³/mol. The van der Waals surface area contributed by atoms with Crippen LogP contribution in [-0.2, 0) is 11.3 Å². The minimum absolute atomic E-state index is 0.00354. The smallest absolute Gasteiger partial charge is 0.242 e. The maximum absolute atomic E-state index is 13.0. The second-order valence-electron chi connectivity index (χ2n) is 7.76. The summed E-state index contributed by atoms with van der Waals surface area (Å²) in [6.07, 6.45) is 6.90. The number of rotatable bonds is 6. The van der Waals surface area contributed by atoms with Gasteiger partial charge in [-0.1, -0.05) is 25.0 Å². The molecule has 0 spiro atoms. The van der Waals surface area contributed by atoms with Crippen molar-refractivity contribution in [1.82, 2.24) is 14.4 Å². The number of carbonyl (C=O) groups is 1. The van der Waals surface area contributed by atoms with Gasteiger partial charge in [0.15, 0.2) is 5.43 Å². The Balaban J connectivity index is 1.70. The topological polar surface area (TPSA) is 45.5 Å². The Bertz CT molecular complexity index is 820. The van der Waals surface area contributed by atoms with Crippen molar-refractivity contribution in [3.05, 3.63) is 46.8 Å². The number of carbonyl (C=O) groups excluding carboxylic acids is 1. The Morgan fingerprint density at radius 3 is 2.48 bits per heavy atom. The highest BCUT2D eigenvalue weighted by Gasteiger charge is 2.19. The largest absolute Gasteiger partial charge is 0.338 e. The zero-order valence-electron chi connectivity index (χ0n) is 16.6. The number of amides is 1. The Morgan fingerprint density at radius 2 is 1.78 bits per heavy atom. The monoisotopic (exact) mass is 369 g/mol. The molecule has 146 valence electrons. The summed E-state index contributed by atoms with van der Waals surface area (Å²) in [4.78, 5) is 29.5. The van der Waals surface area contributed by atoms with E-state index in [-0.39, 0.29) is 23.9 Å². The summed E-state index contributed by atoms with van der Waals surface area (Å²) in [6.45, 7) is 8.39. The second kappa shape index (κ2) is 9.18. The van der Waals surface area contributed by atoms with Gasteiger partial charge in [-0.05, 0) is 51.9 Å². The molecule has 0 unspecified atom stereocenters. The van der Waals surface area contributed by atoms with Crippen molar-refractivity contribution in [2.75, 3.05) is 26.2 Å². The Kier molecular flexibility index (Phi) is 6.67. The van der Waals surface area contributed by atoms with Crippen molar-refractivity contribution >= 4 is 16.8 Å². The third-order valence-electron chi connectivity index (χ3n) is 5.49. The highest BCUT2D eigenvalue weighted by Crippen LogP contribution is 2.12. The lowest BCUT2D eigenvalue weighted by atomic mass is 10.2. The molecule has 5 heteroatoms. The summed E-state index contributed by atoms with van der Waals surface area (Å²) in [5, 5.41) is 0.661. The lowest BCUT2D eigenvalue weighted by molar-refractivity contribution is -0.133. The molecule has 5 nitrogen and oxygen atoms in total. The molecular weight excluding hydrogens is 338 g/mol. The van der Waals surface area contributed by atoms with E-state index in [1.54, 1.807) is 12.3 Å². The van der Waals surface area contributed by atoms with Gasteiger partial charge >= 0.3 is 0 Å². The molecular formula is C22H31N3O2. The van der Waals surface area contributed by atoms with Crippen LogP contribution in [0.2, 0.25) is 0 Å². The molecule has 0 aliphatic carbocycles. The number of nitrogens with zero attached hydrogens (tertiary/aromatic N) is 3. The van der Waals surface area contributed by atoms with Gasteiger partial charge in [-0.3, -0.25) is 9.59 Å². The predicted octanol–water partition coefficient (Wildman–Crippen LogP) is 3.11. The molecule has 1 fully saturated rings. The average Bonchev–Trinajstić information content (AvgIpc) is 2.93. The normalized spacial score (nSPS) is 15.8. The first kappa shape index (κ1) is 19.6. The lowest BCUT2D eigenvalue weighted by Crippen LogP contribution is -2.44. The molecule has 1 amide bonds. The van der Waals surface area contributed by atoms with Gasteiger partial charge < -0.3 is 14.4 Å².